The molecule has 0 radical (unpaired) electrons. The van der Waals surface area contributed by atoms with E-state index in [1.54, 1.807) is 6.07 Å². The van der Waals surface area contributed by atoms with Gasteiger partial charge in [-0.1, -0.05) is 0 Å². The number of methoxy groups -OCH3 is 1. The Kier molecular flexibility index (Phi) is 3.94. The van der Waals surface area contributed by atoms with Crippen molar-refractivity contribution in [3.63, 3.8) is 0 Å². The molecule has 7 heteroatoms. The lowest BCUT2D eigenvalue weighted by atomic mass is 9.98. The number of nitrogens with zero attached hydrogens (tertiary/aromatic N) is 3. The van der Waals surface area contributed by atoms with Gasteiger partial charge in [0.05, 0.1) is 13.0 Å². The van der Waals surface area contributed by atoms with Gasteiger partial charge in [-0.3, -0.25) is 9.59 Å². The van der Waals surface area contributed by atoms with Gasteiger partial charge in [-0.15, -0.1) is 10.2 Å². The Hall–Kier alpha value is -2.18. The SMILES string of the molecule is COc1ccc(C(=O)N2CCC[C@H](C(=O)O)C2)nn1. The van der Waals surface area contributed by atoms with Crippen LogP contribution in [0.2, 0.25) is 0 Å². The summed E-state index contributed by atoms with van der Waals surface area (Å²) in [5.41, 5.74) is 0.201. The van der Waals surface area contributed by atoms with Gasteiger partial charge in [-0.05, 0) is 18.9 Å². The molecular weight excluding hydrogens is 250 g/mol. The van der Waals surface area contributed by atoms with Crippen molar-refractivity contribution in [1.82, 2.24) is 15.1 Å². The molecule has 1 atom stereocenters. The fourth-order valence-electron chi connectivity index (χ4n) is 2.07. The van der Waals surface area contributed by atoms with E-state index >= 15 is 0 Å². The van der Waals surface area contributed by atoms with Crippen molar-refractivity contribution in [2.45, 2.75) is 12.8 Å². The third kappa shape index (κ3) is 2.98. The molecule has 0 spiro atoms. The Morgan fingerprint density at radius 2 is 2.21 bits per heavy atom. The van der Waals surface area contributed by atoms with Gasteiger partial charge in [-0.25, -0.2) is 0 Å². The minimum atomic E-state index is -0.863. The maximum Gasteiger partial charge on any atom is 0.308 e. The zero-order valence-corrected chi connectivity index (χ0v) is 10.6. The molecule has 19 heavy (non-hydrogen) atoms. The van der Waals surface area contributed by atoms with Crippen LogP contribution in [-0.4, -0.2) is 52.3 Å². The zero-order valence-electron chi connectivity index (χ0n) is 10.6. The van der Waals surface area contributed by atoms with Crippen molar-refractivity contribution in [3.8, 4) is 5.88 Å². The van der Waals surface area contributed by atoms with Crippen LogP contribution in [0.25, 0.3) is 0 Å². The summed E-state index contributed by atoms with van der Waals surface area (Å²) >= 11 is 0. The molecule has 102 valence electrons. The standard InChI is InChI=1S/C12H15N3O4/c1-19-10-5-4-9(13-14-10)11(16)15-6-2-3-8(7-15)12(17)18/h4-5,8H,2-3,6-7H2,1H3,(H,17,18)/t8-/m0/s1. The number of piperidine rings is 1. The summed E-state index contributed by atoms with van der Waals surface area (Å²) in [4.78, 5) is 24.6. The molecule has 1 amide bonds. The number of carboxylic acids is 1. The first-order valence-corrected chi connectivity index (χ1v) is 6.01. The molecule has 2 heterocycles. The molecule has 1 aliphatic heterocycles. The van der Waals surface area contributed by atoms with E-state index in [-0.39, 0.29) is 18.1 Å². The molecule has 1 saturated heterocycles. The molecule has 0 bridgehead atoms. The normalized spacial score (nSPS) is 19.0. The van der Waals surface area contributed by atoms with Crippen LogP contribution >= 0.6 is 0 Å². The number of carboxylic acid groups (broad SMARTS) is 1. The first kappa shape index (κ1) is 13.3. The lowest BCUT2D eigenvalue weighted by molar-refractivity contribution is -0.143. The van der Waals surface area contributed by atoms with E-state index < -0.39 is 11.9 Å². The number of amides is 1. The fraction of sp³-hybridized carbons (Fsp3) is 0.500. The van der Waals surface area contributed by atoms with Crippen LogP contribution in [0, 0.1) is 5.92 Å². The highest BCUT2D eigenvalue weighted by molar-refractivity contribution is 5.92. The third-order valence-electron chi connectivity index (χ3n) is 3.13. The van der Waals surface area contributed by atoms with Crippen molar-refractivity contribution < 1.29 is 19.4 Å². The summed E-state index contributed by atoms with van der Waals surface area (Å²) in [6.45, 7) is 0.776. The van der Waals surface area contributed by atoms with Crippen LogP contribution < -0.4 is 4.74 Å². The molecule has 0 saturated carbocycles. The summed E-state index contributed by atoms with van der Waals surface area (Å²) in [6, 6.07) is 3.08. The van der Waals surface area contributed by atoms with Crippen molar-refractivity contribution >= 4 is 11.9 Å². The quantitative estimate of drug-likeness (QED) is 0.851. The van der Waals surface area contributed by atoms with Crippen molar-refractivity contribution in [2.24, 2.45) is 5.92 Å². The van der Waals surface area contributed by atoms with Gasteiger partial charge in [0.1, 0.15) is 0 Å². The van der Waals surface area contributed by atoms with Gasteiger partial charge >= 0.3 is 5.97 Å². The van der Waals surface area contributed by atoms with Gasteiger partial charge < -0.3 is 14.7 Å². The number of carbonyl (C=O) groups is 2. The number of ether oxygens (including phenoxy) is 1. The molecule has 1 aromatic rings. The molecule has 0 aromatic carbocycles. The van der Waals surface area contributed by atoms with Crippen LogP contribution in [0.15, 0.2) is 12.1 Å². The molecular formula is C12H15N3O4. The molecule has 1 N–H and O–H groups in total. The van der Waals surface area contributed by atoms with Gasteiger partial charge in [0.15, 0.2) is 5.69 Å². The number of likely N-dealkylation sites (tertiary alicyclic amines) is 1. The second-order valence-electron chi connectivity index (χ2n) is 4.39. The highest BCUT2D eigenvalue weighted by Crippen LogP contribution is 2.18. The maximum absolute atomic E-state index is 12.2. The Morgan fingerprint density at radius 3 is 2.79 bits per heavy atom. The largest absolute Gasteiger partial charge is 0.481 e. The predicted molar refractivity (Wildman–Crippen MR) is 64.8 cm³/mol. The van der Waals surface area contributed by atoms with Crippen molar-refractivity contribution in [2.75, 3.05) is 20.2 Å². The van der Waals surface area contributed by atoms with Crippen LogP contribution in [0.4, 0.5) is 0 Å². The van der Waals surface area contributed by atoms with E-state index in [0.29, 0.717) is 25.3 Å². The van der Waals surface area contributed by atoms with Crippen LogP contribution in [-0.2, 0) is 4.79 Å². The molecule has 0 unspecified atom stereocenters. The number of hydrogen-bond donors (Lipinski definition) is 1. The average molecular weight is 265 g/mol. The summed E-state index contributed by atoms with van der Waals surface area (Å²) in [5, 5.41) is 16.5. The number of aliphatic carboxylic acids is 1. The van der Waals surface area contributed by atoms with Crippen molar-refractivity contribution in [3.05, 3.63) is 17.8 Å². The Bertz CT molecular complexity index is 474. The number of aromatic nitrogens is 2. The Labute approximate surface area is 110 Å². The van der Waals surface area contributed by atoms with Gasteiger partial charge in [0.2, 0.25) is 5.88 Å². The maximum atomic E-state index is 12.2. The monoisotopic (exact) mass is 265 g/mol. The van der Waals surface area contributed by atoms with Gasteiger partial charge in [-0.2, -0.15) is 0 Å². The second kappa shape index (κ2) is 5.64. The van der Waals surface area contributed by atoms with Gasteiger partial charge in [0.25, 0.3) is 5.91 Å². The third-order valence-corrected chi connectivity index (χ3v) is 3.13. The number of carbonyl (C=O) groups excluding carboxylic acids is 1. The topological polar surface area (TPSA) is 92.6 Å². The lowest BCUT2D eigenvalue weighted by Gasteiger charge is -2.30. The van der Waals surface area contributed by atoms with E-state index in [1.807, 2.05) is 0 Å². The second-order valence-corrected chi connectivity index (χ2v) is 4.39. The van der Waals surface area contributed by atoms with Crippen molar-refractivity contribution in [1.29, 1.82) is 0 Å². The first-order chi connectivity index (χ1) is 9.11. The highest BCUT2D eigenvalue weighted by atomic mass is 16.5. The Balaban J connectivity index is 2.07. The van der Waals surface area contributed by atoms with E-state index in [4.69, 9.17) is 9.84 Å². The van der Waals surface area contributed by atoms with E-state index in [0.717, 1.165) is 0 Å². The highest BCUT2D eigenvalue weighted by Gasteiger charge is 2.29. The molecule has 1 aromatic heterocycles. The molecule has 1 aliphatic rings. The minimum Gasteiger partial charge on any atom is -0.481 e. The smallest absolute Gasteiger partial charge is 0.308 e. The van der Waals surface area contributed by atoms with E-state index in [2.05, 4.69) is 10.2 Å². The summed E-state index contributed by atoms with van der Waals surface area (Å²) in [7, 11) is 1.47. The molecule has 1 fully saturated rings. The van der Waals surface area contributed by atoms with Crippen LogP contribution in [0.1, 0.15) is 23.3 Å². The molecule has 2 rings (SSSR count). The predicted octanol–water partition coefficient (Wildman–Crippen LogP) is 0.422. The fourth-order valence-corrected chi connectivity index (χ4v) is 2.07. The first-order valence-electron chi connectivity index (χ1n) is 6.01. The number of rotatable bonds is 3. The van der Waals surface area contributed by atoms with Crippen LogP contribution in [0.5, 0.6) is 5.88 Å². The lowest BCUT2D eigenvalue weighted by Crippen LogP contribution is -2.42. The Morgan fingerprint density at radius 1 is 1.42 bits per heavy atom. The van der Waals surface area contributed by atoms with E-state index in [9.17, 15) is 9.59 Å². The zero-order chi connectivity index (χ0) is 13.8. The average Bonchev–Trinajstić information content (AvgIpc) is 2.46. The number of hydrogen-bond acceptors (Lipinski definition) is 5. The van der Waals surface area contributed by atoms with E-state index in [1.165, 1.54) is 18.1 Å². The summed E-state index contributed by atoms with van der Waals surface area (Å²) in [5.74, 6) is -1.32. The molecule has 7 nitrogen and oxygen atoms in total. The molecule has 0 aliphatic carbocycles. The van der Waals surface area contributed by atoms with Crippen LogP contribution in [0.3, 0.4) is 0 Å². The minimum absolute atomic E-state index is 0.201. The summed E-state index contributed by atoms with van der Waals surface area (Å²) in [6.07, 6.45) is 1.29. The van der Waals surface area contributed by atoms with Gasteiger partial charge in [0, 0.05) is 19.2 Å². The summed E-state index contributed by atoms with van der Waals surface area (Å²) < 4.78 is 4.87.